The average Bonchev–Trinajstić information content (AvgIpc) is 2.89. The number of allylic oxidation sites excluding steroid dienone is 1. The highest BCUT2D eigenvalue weighted by Crippen LogP contribution is 2.71. The van der Waals surface area contributed by atoms with Gasteiger partial charge in [0.2, 0.25) is 0 Å². The SMILES string of the molecule is COC(=O)[C@@]1(C)CCC[C@]2(C)[C@H]3CCC(Sc4ccccc4)=C4CC(OC)O[C@H](C[C@H]21)[C@@]43COC(C)=O. The van der Waals surface area contributed by atoms with Gasteiger partial charge in [0.05, 0.1) is 24.0 Å². The maximum Gasteiger partial charge on any atom is 0.311 e. The van der Waals surface area contributed by atoms with Crippen molar-refractivity contribution in [2.75, 3.05) is 20.8 Å². The Labute approximate surface area is 224 Å². The molecule has 202 valence electrons. The molecule has 0 N–H and O–H groups in total. The number of ether oxygens (including phenoxy) is 4. The van der Waals surface area contributed by atoms with Crippen LogP contribution in [-0.2, 0) is 28.5 Å². The highest BCUT2D eigenvalue weighted by atomic mass is 32.2. The maximum absolute atomic E-state index is 13.2. The molecule has 1 heterocycles. The van der Waals surface area contributed by atoms with Crippen molar-refractivity contribution in [1.29, 1.82) is 0 Å². The number of rotatable bonds is 6. The third-order valence-electron chi connectivity index (χ3n) is 10.1. The van der Waals surface area contributed by atoms with Gasteiger partial charge in [0.15, 0.2) is 6.29 Å². The van der Waals surface area contributed by atoms with Crippen LogP contribution in [0.5, 0.6) is 0 Å². The second-order valence-electron chi connectivity index (χ2n) is 11.8. The van der Waals surface area contributed by atoms with Gasteiger partial charge in [-0.25, -0.2) is 0 Å². The second kappa shape index (κ2) is 10.0. The highest BCUT2D eigenvalue weighted by Gasteiger charge is 2.69. The lowest BCUT2D eigenvalue weighted by molar-refractivity contribution is -0.275. The quantitative estimate of drug-likeness (QED) is 0.411. The molecule has 1 unspecified atom stereocenters. The van der Waals surface area contributed by atoms with Crippen molar-refractivity contribution in [1.82, 2.24) is 0 Å². The van der Waals surface area contributed by atoms with Gasteiger partial charge in [-0.15, -0.1) is 0 Å². The molecule has 0 amide bonds. The molecule has 7 heteroatoms. The van der Waals surface area contributed by atoms with Gasteiger partial charge in [-0.1, -0.05) is 43.3 Å². The zero-order chi connectivity index (χ0) is 26.4. The largest absolute Gasteiger partial charge is 0.469 e. The van der Waals surface area contributed by atoms with Crippen LogP contribution in [0.3, 0.4) is 0 Å². The maximum atomic E-state index is 13.2. The second-order valence-corrected chi connectivity index (χ2v) is 12.9. The summed E-state index contributed by atoms with van der Waals surface area (Å²) in [6.45, 7) is 6.26. The number of esters is 2. The zero-order valence-electron chi connectivity index (χ0n) is 22.7. The van der Waals surface area contributed by atoms with Crippen LogP contribution in [0.25, 0.3) is 0 Å². The normalized spacial score (nSPS) is 38.8. The van der Waals surface area contributed by atoms with E-state index in [0.29, 0.717) is 19.4 Å². The van der Waals surface area contributed by atoms with Gasteiger partial charge in [-0.3, -0.25) is 9.59 Å². The van der Waals surface area contributed by atoms with Gasteiger partial charge in [-0.05, 0) is 78.9 Å². The summed E-state index contributed by atoms with van der Waals surface area (Å²) in [6.07, 6.45) is 5.58. The molecule has 37 heavy (non-hydrogen) atoms. The summed E-state index contributed by atoms with van der Waals surface area (Å²) in [5, 5.41) is 0. The Kier molecular flexibility index (Phi) is 7.27. The van der Waals surface area contributed by atoms with Crippen LogP contribution >= 0.6 is 11.8 Å². The Morgan fingerprint density at radius 1 is 1.11 bits per heavy atom. The van der Waals surface area contributed by atoms with E-state index in [1.165, 1.54) is 29.4 Å². The molecule has 5 rings (SSSR count). The van der Waals surface area contributed by atoms with E-state index in [1.54, 1.807) is 7.11 Å². The minimum Gasteiger partial charge on any atom is -0.469 e. The van der Waals surface area contributed by atoms with E-state index in [4.69, 9.17) is 18.9 Å². The van der Waals surface area contributed by atoms with E-state index in [2.05, 4.69) is 38.1 Å². The van der Waals surface area contributed by atoms with E-state index in [-0.39, 0.29) is 41.6 Å². The monoisotopic (exact) mass is 528 g/mol. The lowest BCUT2D eigenvalue weighted by Gasteiger charge is -2.68. The van der Waals surface area contributed by atoms with Gasteiger partial charge in [0, 0.05) is 25.3 Å². The van der Waals surface area contributed by atoms with E-state index in [9.17, 15) is 9.59 Å². The summed E-state index contributed by atoms with van der Waals surface area (Å²) in [4.78, 5) is 28.0. The Morgan fingerprint density at radius 3 is 2.54 bits per heavy atom. The van der Waals surface area contributed by atoms with Gasteiger partial charge in [0.1, 0.15) is 6.61 Å². The van der Waals surface area contributed by atoms with Crippen LogP contribution in [0, 0.1) is 28.1 Å². The minimum atomic E-state index is -0.568. The standard InChI is InChI=1S/C30H40O6S/c1-19(31)35-18-30-21-16-26(33-4)36-25(30)17-24-28(2,14-9-15-29(24,3)27(32)34-5)23(30)13-12-22(21)37-20-10-7-6-8-11-20/h6-8,10-11,23-26H,9,12-18H2,1-5H3/t23-,24-,25-,26?,28-,29+,30+/m1/s1. The Morgan fingerprint density at radius 2 is 1.86 bits per heavy atom. The van der Waals surface area contributed by atoms with Gasteiger partial charge < -0.3 is 18.9 Å². The van der Waals surface area contributed by atoms with Gasteiger partial charge in [-0.2, -0.15) is 0 Å². The number of carbonyl (C=O) groups excluding carboxylic acids is 2. The summed E-state index contributed by atoms with van der Waals surface area (Å²) in [5.41, 5.74) is 0.221. The smallest absolute Gasteiger partial charge is 0.311 e. The molecule has 0 radical (unpaired) electrons. The molecule has 0 aromatic heterocycles. The lowest BCUT2D eigenvalue weighted by Crippen LogP contribution is -2.67. The Balaban J connectivity index is 1.66. The third-order valence-corrected chi connectivity index (χ3v) is 11.3. The molecule has 2 saturated carbocycles. The fourth-order valence-electron chi connectivity index (χ4n) is 8.51. The number of hydrogen-bond acceptors (Lipinski definition) is 7. The molecule has 7 atom stereocenters. The first kappa shape index (κ1) is 26.8. The summed E-state index contributed by atoms with van der Waals surface area (Å²) in [6, 6.07) is 10.5. The van der Waals surface area contributed by atoms with E-state index < -0.39 is 10.8 Å². The number of methoxy groups -OCH3 is 2. The van der Waals surface area contributed by atoms with Crippen molar-refractivity contribution in [3.8, 4) is 0 Å². The van der Waals surface area contributed by atoms with Crippen molar-refractivity contribution in [3.05, 3.63) is 40.8 Å². The van der Waals surface area contributed by atoms with Crippen molar-refractivity contribution in [2.24, 2.45) is 28.1 Å². The predicted molar refractivity (Wildman–Crippen MR) is 142 cm³/mol. The van der Waals surface area contributed by atoms with Gasteiger partial charge in [0.25, 0.3) is 0 Å². The summed E-state index contributed by atoms with van der Waals surface area (Å²) in [7, 11) is 3.20. The number of fused-ring (bicyclic) bond motifs is 2. The first-order valence-electron chi connectivity index (χ1n) is 13.5. The van der Waals surface area contributed by atoms with Crippen LogP contribution < -0.4 is 0 Å². The highest BCUT2D eigenvalue weighted by molar-refractivity contribution is 8.03. The van der Waals surface area contributed by atoms with Crippen LogP contribution in [0.4, 0.5) is 0 Å². The minimum absolute atomic E-state index is 0.102. The first-order valence-corrected chi connectivity index (χ1v) is 14.4. The molecular weight excluding hydrogens is 488 g/mol. The van der Waals surface area contributed by atoms with Crippen molar-refractivity contribution < 1.29 is 28.5 Å². The Hall–Kier alpha value is -1.83. The Bertz CT molecular complexity index is 1070. The fourth-order valence-corrected chi connectivity index (χ4v) is 9.71. The molecule has 1 aromatic rings. The number of hydrogen-bond donors (Lipinski definition) is 0. The molecule has 3 fully saturated rings. The van der Waals surface area contributed by atoms with E-state index in [1.807, 2.05) is 17.8 Å². The summed E-state index contributed by atoms with van der Waals surface area (Å²) >= 11 is 1.82. The predicted octanol–water partition coefficient (Wildman–Crippen LogP) is 6.14. The fraction of sp³-hybridized carbons (Fsp3) is 0.667. The van der Waals surface area contributed by atoms with Crippen LogP contribution in [0.1, 0.15) is 65.7 Å². The average molecular weight is 529 g/mol. The summed E-state index contributed by atoms with van der Waals surface area (Å²) < 4.78 is 23.8. The molecule has 1 aromatic carbocycles. The third kappa shape index (κ3) is 4.25. The molecule has 0 bridgehead atoms. The molecule has 1 saturated heterocycles. The van der Waals surface area contributed by atoms with Crippen LogP contribution in [0.2, 0.25) is 0 Å². The van der Waals surface area contributed by atoms with E-state index >= 15 is 0 Å². The first-order chi connectivity index (χ1) is 17.7. The van der Waals surface area contributed by atoms with Gasteiger partial charge >= 0.3 is 11.9 Å². The lowest BCUT2D eigenvalue weighted by atomic mass is 9.39. The zero-order valence-corrected chi connectivity index (χ0v) is 23.5. The van der Waals surface area contributed by atoms with Crippen LogP contribution in [0.15, 0.2) is 45.7 Å². The number of carbonyl (C=O) groups is 2. The molecule has 3 aliphatic carbocycles. The molecule has 0 spiro atoms. The molecule has 6 nitrogen and oxygen atoms in total. The van der Waals surface area contributed by atoms with Crippen LogP contribution in [-0.4, -0.2) is 45.2 Å². The summed E-state index contributed by atoms with van der Waals surface area (Å²) in [5.74, 6) is -0.0581. The van der Waals surface area contributed by atoms with Crippen molar-refractivity contribution >= 4 is 23.7 Å². The molecule has 1 aliphatic heterocycles. The van der Waals surface area contributed by atoms with Crippen molar-refractivity contribution in [2.45, 2.75) is 83.0 Å². The number of benzene rings is 1. The molecule has 4 aliphatic rings. The molecular formula is C30H40O6S. The van der Waals surface area contributed by atoms with E-state index in [0.717, 1.165) is 32.1 Å². The number of thioether (sulfide) groups is 1. The van der Waals surface area contributed by atoms with Crippen molar-refractivity contribution in [3.63, 3.8) is 0 Å². The topological polar surface area (TPSA) is 71.1 Å².